The van der Waals surface area contributed by atoms with Crippen molar-refractivity contribution in [3.63, 3.8) is 0 Å². The van der Waals surface area contributed by atoms with Crippen molar-refractivity contribution in [1.82, 2.24) is 4.90 Å². The van der Waals surface area contributed by atoms with Gasteiger partial charge in [0.1, 0.15) is 0 Å². The van der Waals surface area contributed by atoms with Crippen LogP contribution in [0.25, 0.3) is 0 Å². The van der Waals surface area contributed by atoms with E-state index in [1.165, 1.54) is 23.1 Å². The average Bonchev–Trinajstić information content (AvgIpc) is 2.73. The van der Waals surface area contributed by atoms with Gasteiger partial charge in [0.15, 0.2) is 0 Å². The molecule has 3 rings (SSSR count). The van der Waals surface area contributed by atoms with Crippen molar-refractivity contribution in [1.29, 1.82) is 0 Å². The summed E-state index contributed by atoms with van der Waals surface area (Å²) in [6, 6.07) is 8.60. The smallest absolute Gasteiger partial charge is 0.0234 e. The third kappa shape index (κ3) is 1.92. The second-order valence-electron chi connectivity index (χ2n) is 5.05. The zero-order valence-electron chi connectivity index (χ0n) is 9.27. The molecule has 86 valence electrons. The van der Waals surface area contributed by atoms with Crippen molar-refractivity contribution >= 4 is 15.9 Å². The molecule has 1 aromatic rings. The van der Waals surface area contributed by atoms with Gasteiger partial charge in [0.2, 0.25) is 0 Å². The number of hydrogen-bond donors (Lipinski definition) is 1. The van der Waals surface area contributed by atoms with Crippen LogP contribution in [0, 0.1) is 17.8 Å². The Balaban J connectivity index is 1.58. The highest BCUT2D eigenvalue weighted by Crippen LogP contribution is 2.51. The number of likely N-dealkylation sites (tertiary alicyclic amines) is 1. The van der Waals surface area contributed by atoms with E-state index in [9.17, 15) is 0 Å². The molecule has 0 bridgehead atoms. The molecule has 1 heterocycles. The van der Waals surface area contributed by atoms with Crippen molar-refractivity contribution in [2.45, 2.75) is 6.54 Å². The summed E-state index contributed by atoms with van der Waals surface area (Å²) in [6.45, 7) is 4.47. The van der Waals surface area contributed by atoms with Crippen LogP contribution in [-0.4, -0.2) is 24.5 Å². The van der Waals surface area contributed by atoms with Crippen LogP contribution in [0.3, 0.4) is 0 Å². The number of rotatable bonds is 3. The topological polar surface area (TPSA) is 29.3 Å². The Morgan fingerprint density at radius 2 is 2.06 bits per heavy atom. The van der Waals surface area contributed by atoms with Gasteiger partial charge in [-0.15, -0.1) is 0 Å². The van der Waals surface area contributed by atoms with Crippen molar-refractivity contribution in [3.8, 4) is 0 Å². The fraction of sp³-hybridized carbons (Fsp3) is 0.538. The summed E-state index contributed by atoms with van der Waals surface area (Å²) in [5.41, 5.74) is 7.12. The third-order valence-corrected chi connectivity index (χ3v) is 4.51. The van der Waals surface area contributed by atoms with E-state index in [2.05, 4.69) is 45.1 Å². The van der Waals surface area contributed by atoms with E-state index in [4.69, 9.17) is 5.73 Å². The molecule has 1 aliphatic carbocycles. The van der Waals surface area contributed by atoms with Gasteiger partial charge in [0, 0.05) is 24.1 Å². The highest BCUT2D eigenvalue weighted by Gasteiger charge is 2.54. The van der Waals surface area contributed by atoms with Crippen LogP contribution in [-0.2, 0) is 6.54 Å². The molecule has 0 radical (unpaired) electrons. The van der Waals surface area contributed by atoms with Crippen LogP contribution < -0.4 is 5.73 Å². The number of nitrogens with zero attached hydrogens (tertiary/aromatic N) is 1. The van der Waals surface area contributed by atoms with Gasteiger partial charge in [-0.25, -0.2) is 0 Å². The number of benzene rings is 1. The molecular weight excluding hydrogens is 264 g/mol. The Morgan fingerprint density at radius 3 is 2.69 bits per heavy atom. The summed E-state index contributed by atoms with van der Waals surface area (Å²) >= 11 is 3.52. The van der Waals surface area contributed by atoms with E-state index < -0.39 is 0 Å². The molecule has 0 aromatic heterocycles. The molecule has 2 aliphatic rings. The largest absolute Gasteiger partial charge is 0.330 e. The Hall–Kier alpha value is -0.380. The second-order valence-corrected chi connectivity index (χ2v) is 5.97. The Bertz CT molecular complexity index is 381. The van der Waals surface area contributed by atoms with Crippen molar-refractivity contribution in [2.24, 2.45) is 23.5 Å². The minimum absolute atomic E-state index is 0.832. The molecule has 0 amide bonds. The van der Waals surface area contributed by atoms with Crippen LogP contribution in [0.15, 0.2) is 28.7 Å². The quantitative estimate of drug-likeness (QED) is 0.919. The molecule has 2 nitrogen and oxygen atoms in total. The van der Waals surface area contributed by atoms with Crippen LogP contribution in [0.1, 0.15) is 5.56 Å². The molecule has 1 aliphatic heterocycles. The molecule has 1 saturated heterocycles. The lowest BCUT2D eigenvalue weighted by Crippen LogP contribution is -2.25. The SMILES string of the molecule is NCC1C2CN(Cc3cccc(Br)c3)CC12. The van der Waals surface area contributed by atoms with Crippen molar-refractivity contribution in [2.75, 3.05) is 19.6 Å². The van der Waals surface area contributed by atoms with E-state index in [0.717, 1.165) is 30.8 Å². The van der Waals surface area contributed by atoms with Gasteiger partial charge in [-0.2, -0.15) is 0 Å². The monoisotopic (exact) mass is 280 g/mol. The fourth-order valence-electron chi connectivity index (χ4n) is 3.11. The predicted molar refractivity (Wildman–Crippen MR) is 68.9 cm³/mol. The lowest BCUT2D eigenvalue weighted by molar-refractivity contribution is 0.279. The first-order valence-corrected chi connectivity index (χ1v) is 6.74. The number of halogens is 1. The van der Waals surface area contributed by atoms with E-state index >= 15 is 0 Å². The molecule has 2 N–H and O–H groups in total. The van der Waals surface area contributed by atoms with E-state index in [1.54, 1.807) is 0 Å². The van der Waals surface area contributed by atoms with Gasteiger partial charge < -0.3 is 5.73 Å². The van der Waals surface area contributed by atoms with Gasteiger partial charge in [-0.05, 0) is 42.0 Å². The molecule has 1 aromatic carbocycles. The molecule has 0 spiro atoms. The zero-order chi connectivity index (χ0) is 11.1. The average molecular weight is 281 g/mol. The highest BCUT2D eigenvalue weighted by molar-refractivity contribution is 9.10. The summed E-state index contributed by atoms with van der Waals surface area (Å²) in [6.07, 6.45) is 0. The Kier molecular flexibility index (Phi) is 2.78. The highest BCUT2D eigenvalue weighted by atomic mass is 79.9. The maximum Gasteiger partial charge on any atom is 0.0234 e. The Labute approximate surface area is 105 Å². The third-order valence-electron chi connectivity index (χ3n) is 4.01. The predicted octanol–water partition coefficient (Wildman–Crippen LogP) is 2.09. The maximum atomic E-state index is 5.72. The number of piperidine rings is 1. The molecule has 2 atom stereocenters. The van der Waals surface area contributed by atoms with Crippen LogP contribution >= 0.6 is 15.9 Å². The van der Waals surface area contributed by atoms with Crippen molar-refractivity contribution in [3.05, 3.63) is 34.3 Å². The zero-order valence-corrected chi connectivity index (χ0v) is 10.9. The number of hydrogen-bond acceptors (Lipinski definition) is 2. The Morgan fingerprint density at radius 1 is 1.31 bits per heavy atom. The van der Waals surface area contributed by atoms with E-state index in [-0.39, 0.29) is 0 Å². The van der Waals surface area contributed by atoms with Gasteiger partial charge in [-0.1, -0.05) is 28.1 Å². The minimum atomic E-state index is 0.832. The minimum Gasteiger partial charge on any atom is -0.330 e. The molecule has 2 fully saturated rings. The first kappa shape index (κ1) is 10.8. The maximum absolute atomic E-state index is 5.72. The first-order chi connectivity index (χ1) is 7.78. The second kappa shape index (κ2) is 4.13. The summed E-state index contributed by atoms with van der Waals surface area (Å²) in [5.74, 6) is 2.63. The van der Waals surface area contributed by atoms with Gasteiger partial charge >= 0.3 is 0 Å². The van der Waals surface area contributed by atoms with Crippen LogP contribution in [0.2, 0.25) is 0 Å². The van der Waals surface area contributed by atoms with E-state index in [0.29, 0.717) is 0 Å². The normalized spacial score (nSPS) is 32.8. The molecule has 16 heavy (non-hydrogen) atoms. The summed E-state index contributed by atoms with van der Waals surface area (Å²) in [7, 11) is 0. The fourth-order valence-corrected chi connectivity index (χ4v) is 3.56. The number of nitrogens with two attached hydrogens (primary N) is 1. The van der Waals surface area contributed by atoms with Gasteiger partial charge in [0.05, 0.1) is 0 Å². The molecular formula is C13H17BrN2. The number of fused-ring (bicyclic) bond motifs is 1. The lowest BCUT2D eigenvalue weighted by atomic mass is 10.2. The van der Waals surface area contributed by atoms with Gasteiger partial charge in [0.25, 0.3) is 0 Å². The standard InChI is InChI=1S/C13H17BrN2/c14-10-3-1-2-9(4-10)6-16-7-12-11(5-15)13(12)8-16/h1-4,11-13H,5-8,15H2. The lowest BCUT2D eigenvalue weighted by Gasteiger charge is -2.19. The molecule has 1 saturated carbocycles. The van der Waals surface area contributed by atoms with Crippen LogP contribution in [0.5, 0.6) is 0 Å². The summed E-state index contributed by atoms with van der Waals surface area (Å²) in [5, 5.41) is 0. The van der Waals surface area contributed by atoms with E-state index in [1.807, 2.05) is 0 Å². The summed E-state index contributed by atoms with van der Waals surface area (Å²) < 4.78 is 1.18. The van der Waals surface area contributed by atoms with Gasteiger partial charge in [-0.3, -0.25) is 4.90 Å². The molecule has 2 unspecified atom stereocenters. The van der Waals surface area contributed by atoms with Crippen LogP contribution in [0.4, 0.5) is 0 Å². The summed E-state index contributed by atoms with van der Waals surface area (Å²) in [4.78, 5) is 2.56. The van der Waals surface area contributed by atoms with Crippen molar-refractivity contribution < 1.29 is 0 Å². The first-order valence-electron chi connectivity index (χ1n) is 5.95. The molecule has 3 heteroatoms.